The van der Waals surface area contributed by atoms with E-state index in [4.69, 9.17) is 9.47 Å². The fourth-order valence-electron chi connectivity index (χ4n) is 3.82. The molecule has 0 radical (unpaired) electrons. The summed E-state index contributed by atoms with van der Waals surface area (Å²) in [5.74, 6) is 0.242. The first-order valence-corrected chi connectivity index (χ1v) is 9.75. The van der Waals surface area contributed by atoms with Gasteiger partial charge in [-0.1, -0.05) is 0 Å². The maximum Gasteiger partial charge on any atom is 0.248 e. The van der Waals surface area contributed by atoms with Crippen molar-refractivity contribution in [1.29, 1.82) is 0 Å². The Labute approximate surface area is 168 Å². The number of morpholine rings is 1. The van der Waals surface area contributed by atoms with Gasteiger partial charge in [-0.25, -0.2) is 13.8 Å². The minimum absolute atomic E-state index is 0.0204. The maximum atomic E-state index is 14.0. The lowest BCUT2D eigenvalue weighted by Gasteiger charge is -2.42. The number of pyridine rings is 1. The predicted octanol–water partition coefficient (Wildman–Crippen LogP) is 2.64. The van der Waals surface area contributed by atoms with Crippen LogP contribution in [0.4, 0.5) is 14.6 Å². The molecule has 0 saturated carbocycles. The van der Waals surface area contributed by atoms with E-state index in [1.165, 1.54) is 18.2 Å². The van der Waals surface area contributed by atoms with Gasteiger partial charge >= 0.3 is 0 Å². The molecule has 3 heterocycles. The zero-order valence-electron chi connectivity index (χ0n) is 16.0. The summed E-state index contributed by atoms with van der Waals surface area (Å²) in [5.41, 5.74) is 0. The van der Waals surface area contributed by atoms with Crippen LogP contribution in [-0.2, 0) is 9.53 Å². The van der Waals surface area contributed by atoms with Gasteiger partial charge in [-0.05, 0) is 49.2 Å². The van der Waals surface area contributed by atoms with Crippen molar-refractivity contribution in [2.45, 2.75) is 25.0 Å². The van der Waals surface area contributed by atoms with Crippen molar-refractivity contribution < 1.29 is 23.0 Å². The number of anilines is 1. The molecule has 154 valence electrons. The SMILES string of the molecule is O=C1COC(COc2ccc(F)cc2)CN1C1CCN(c2ncccc2F)CC1. The molecule has 0 aliphatic carbocycles. The van der Waals surface area contributed by atoms with E-state index >= 15 is 0 Å². The number of ether oxygens (including phenoxy) is 2. The van der Waals surface area contributed by atoms with E-state index in [1.54, 1.807) is 24.4 Å². The Morgan fingerprint density at radius 2 is 1.90 bits per heavy atom. The number of hydrogen-bond donors (Lipinski definition) is 0. The molecule has 1 aromatic heterocycles. The smallest absolute Gasteiger partial charge is 0.248 e. The van der Waals surface area contributed by atoms with Gasteiger partial charge in [0.25, 0.3) is 0 Å². The van der Waals surface area contributed by atoms with Gasteiger partial charge in [-0.15, -0.1) is 0 Å². The highest BCUT2D eigenvalue weighted by Crippen LogP contribution is 2.25. The fraction of sp³-hybridized carbons (Fsp3) is 0.429. The highest BCUT2D eigenvalue weighted by atomic mass is 19.1. The lowest BCUT2D eigenvalue weighted by Crippen LogP contribution is -2.55. The summed E-state index contributed by atoms with van der Waals surface area (Å²) in [7, 11) is 0. The fourth-order valence-corrected chi connectivity index (χ4v) is 3.82. The molecule has 4 rings (SSSR count). The second-order valence-electron chi connectivity index (χ2n) is 7.27. The molecule has 29 heavy (non-hydrogen) atoms. The lowest BCUT2D eigenvalue weighted by atomic mass is 10.0. The van der Waals surface area contributed by atoms with E-state index in [0.29, 0.717) is 31.2 Å². The molecule has 8 heteroatoms. The van der Waals surface area contributed by atoms with Crippen molar-refractivity contribution in [1.82, 2.24) is 9.88 Å². The molecule has 2 fully saturated rings. The van der Waals surface area contributed by atoms with Gasteiger partial charge in [0.15, 0.2) is 11.6 Å². The van der Waals surface area contributed by atoms with Crippen LogP contribution in [-0.4, -0.2) is 60.8 Å². The van der Waals surface area contributed by atoms with Crippen LogP contribution in [0.15, 0.2) is 42.6 Å². The van der Waals surface area contributed by atoms with Crippen LogP contribution in [0.2, 0.25) is 0 Å². The number of amides is 1. The van der Waals surface area contributed by atoms with Gasteiger partial charge in [0.1, 0.15) is 30.9 Å². The number of halogens is 2. The highest BCUT2D eigenvalue weighted by molar-refractivity contribution is 5.78. The molecule has 0 spiro atoms. The average molecular weight is 403 g/mol. The van der Waals surface area contributed by atoms with Crippen LogP contribution < -0.4 is 9.64 Å². The van der Waals surface area contributed by atoms with Crippen molar-refractivity contribution in [3.63, 3.8) is 0 Å². The molecule has 2 aliphatic rings. The summed E-state index contributed by atoms with van der Waals surface area (Å²) in [6.07, 6.45) is 2.83. The zero-order chi connectivity index (χ0) is 20.2. The second-order valence-corrected chi connectivity index (χ2v) is 7.27. The summed E-state index contributed by atoms with van der Waals surface area (Å²) in [6.45, 7) is 2.03. The van der Waals surface area contributed by atoms with Crippen molar-refractivity contribution in [3.8, 4) is 5.75 Å². The van der Waals surface area contributed by atoms with Crippen molar-refractivity contribution in [3.05, 3.63) is 54.2 Å². The van der Waals surface area contributed by atoms with Crippen LogP contribution in [0.5, 0.6) is 5.75 Å². The number of nitrogens with zero attached hydrogens (tertiary/aromatic N) is 3. The molecule has 2 aliphatic heterocycles. The zero-order valence-corrected chi connectivity index (χ0v) is 16.0. The molecule has 0 N–H and O–H groups in total. The number of carbonyl (C=O) groups excluding carboxylic acids is 1. The molecule has 1 atom stereocenters. The topological polar surface area (TPSA) is 54.9 Å². The van der Waals surface area contributed by atoms with Gasteiger partial charge in [-0.2, -0.15) is 0 Å². The average Bonchev–Trinajstić information content (AvgIpc) is 2.75. The van der Waals surface area contributed by atoms with Crippen LogP contribution in [0.1, 0.15) is 12.8 Å². The van der Waals surface area contributed by atoms with E-state index in [9.17, 15) is 13.6 Å². The quantitative estimate of drug-likeness (QED) is 0.768. The van der Waals surface area contributed by atoms with E-state index in [2.05, 4.69) is 4.98 Å². The molecule has 1 amide bonds. The predicted molar refractivity (Wildman–Crippen MR) is 103 cm³/mol. The van der Waals surface area contributed by atoms with Crippen molar-refractivity contribution in [2.24, 2.45) is 0 Å². The number of benzene rings is 1. The molecular formula is C21H23F2N3O3. The third-order valence-electron chi connectivity index (χ3n) is 5.36. The summed E-state index contributed by atoms with van der Waals surface area (Å²) in [5, 5.41) is 0. The van der Waals surface area contributed by atoms with Gasteiger partial charge in [0.05, 0.1) is 6.54 Å². The van der Waals surface area contributed by atoms with E-state index in [1.807, 2.05) is 9.80 Å². The third-order valence-corrected chi connectivity index (χ3v) is 5.36. The van der Waals surface area contributed by atoms with Gasteiger partial charge in [-0.3, -0.25) is 4.79 Å². The summed E-state index contributed by atoms with van der Waals surface area (Å²) in [4.78, 5) is 20.3. The maximum absolute atomic E-state index is 14.0. The van der Waals surface area contributed by atoms with Crippen molar-refractivity contribution >= 4 is 11.7 Å². The molecular weight excluding hydrogens is 380 g/mol. The first-order valence-electron chi connectivity index (χ1n) is 9.75. The van der Waals surface area contributed by atoms with Crippen molar-refractivity contribution in [2.75, 3.05) is 37.7 Å². The number of rotatable bonds is 5. The summed E-state index contributed by atoms with van der Waals surface area (Å²) >= 11 is 0. The standard InChI is InChI=1S/C21H23F2N3O3/c22-15-3-5-17(6-4-15)28-13-18-12-26(20(27)14-29-18)16-7-10-25(11-8-16)21-19(23)2-1-9-24-21/h1-6,9,16,18H,7-8,10-14H2. The molecule has 2 aromatic rings. The monoisotopic (exact) mass is 403 g/mol. The molecule has 6 nitrogen and oxygen atoms in total. The number of piperidine rings is 1. The van der Waals surface area contributed by atoms with Gasteiger partial charge < -0.3 is 19.3 Å². The van der Waals surface area contributed by atoms with E-state index in [-0.39, 0.29) is 42.9 Å². The Morgan fingerprint density at radius 3 is 2.62 bits per heavy atom. The first-order chi connectivity index (χ1) is 14.1. The number of carbonyl (C=O) groups is 1. The van der Waals surface area contributed by atoms with Crippen LogP contribution >= 0.6 is 0 Å². The Morgan fingerprint density at radius 1 is 1.14 bits per heavy atom. The van der Waals surface area contributed by atoms with Gasteiger partial charge in [0, 0.05) is 25.3 Å². The Kier molecular flexibility index (Phi) is 5.89. The molecule has 1 unspecified atom stereocenters. The van der Waals surface area contributed by atoms with Crippen LogP contribution in [0, 0.1) is 11.6 Å². The normalized spacial score (nSPS) is 20.8. The highest BCUT2D eigenvalue weighted by Gasteiger charge is 2.34. The van der Waals surface area contributed by atoms with Crippen LogP contribution in [0.3, 0.4) is 0 Å². The van der Waals surface area contributed by atoms with E-state index < -0.39 is 0 Å². The Balaban J connectivity index is 1.31. The second kappa shape index (κ2) is 8.73. The molecule has 1 aromatic carbocycles. The first kappa shape index (κ1) is 19.6. The summed E-state index contributed by atoms with van der Waals surface area (Å²) < 4.78 is 38.2. The summed E-state index contributed by atoms with van der Waals surface area (Å²) in [6, 6.07) is 8.87. The number of aromatic nitrogens is 1. The van der Waals surface area contributed by atoms with E-state index in [0.717, 1.165) is 12.8 Å². The molecule has 2 saturated heterocycles. The largest absolute Gasteiger partial charge is 0.491 e. The third kappa shape index (κ3) is 4.64. The lowest BCUT2D eigenvalue weighted by molar-refractivity contribution is -0.154. The van der Waals surface area contributed by atoms with Gasteiger partial charge in [0.2, 0.25) is 5.91 Å². The Bertz CT molecular complexity index is 841. The minimum atomic E-state index is -0.327. The van der Waals surface area contributed by atoms with Crippen LogP contribution in [0.25, 0.3) is 0 Å². The Hall–Kier alpha value is -2.74. The molecule has 0 bridgehead atoms. The minimum Gasteiger partial charge on any atom is -0.491 e. The number of hydrogen-bond acceptors (Lipinski definition) is 5.